The minimum Gasteiger partial charge on any atom is -0.444 e. The first-order valence-corrected chi connectivity index (χ1v) is 4.41. The molecule has 0 aromatic carbocycles. The summed E-state index contributed by atoms with van der Waals surface area (Å²) in [7, 11) is 0. The first kappa shape index (κ1) is 9.85. The Morgan fingerprint density at radius 2 is 2.15 bits per heavy atom. The van der Waals surface area contributed by atoms with Crippen molar-refractivity contribution in [2.24, 2.45) is 0 Å². The van der Waals surface area contributed by atoms with Gasteiger partial charge in [-0.15, -0.1) is 6.42 Å². The van der Waals surface area contributed by atoms with Crippen molar-refractivity contribution in [3.63, 3.8) is 0 Å². The Morgan fingerprint density at radius 1 is 1.54 bits per heavy atom. The molecule has 2 heteroatoms. The molecule has 0 unspecified atom stereocenters. The van der Waals surface area contributed by atoms with Gasteiger partial charge in [-0.25, -0.2) is 4.98 Å². The predicted octanol–water partition coefficient (Wildman–Crippen LogP) is 2.71. The lowest BCUT2D eigenvalue weighted by molar-refractivity contribution is 0.392. The Hall–Kier alpha value is -1.23. The summed E-state index contributed by atoms with van der Waals surface area (Å²) in [5.41, 5.74) is -0.410. The molecular formula is C11H15NO. The summed E-state index contributed by atoms with van der Waals surface area (Å²) < 4.78 is 5.55. The Labute approximate surface area is 79.4 Å². The molecule has 0 radical (unpaired) electrons. The monoisotopic (exact) mass is 177 g/mol. The van der Waals surface area contributed by atoms with Crippen molar-refractivity contribution in [1.82, 2.24) is 4.98 Å². The van der Waals surface area contributed by atoms with E-state index in [4.69, 9.17) is 10.8 Å². The molecule has 0 spiro atoms. The van der Waals surface area contributed by atoms with Crippen LogP contribution < -0.4 is 0 Å². The van der Waals surface area contributed by atoms with Gasteiger partial charge in [-0.1, -0.05) is 19.8 Å². The molecule has 70 valence electrons. The lowest BCUT2D eigenvalue weighted by Crippen LogP contribution is -2.13. The second-order valence-corrected chi connectivity index (χ2v) is 3.99. The van der Waals surface area contributed by atoms with Crippen LogP contribution in [0.15, 0.2) is 10.6 Å². The van der Waals surface area contributed by atoms with Crippen LogP contribution in [0.4, 0.5) is 0 Å². The SMILES string of the molecule is C#CC(C)(C)c1ncc(C(C)C)o1. The summed E-state index contributed by atoms with van der Waals surface area (Å²) >= 11 is 0. The van der Waals surface area contributed by atoms with Crippen molar-refractivity contribution in [2.75, 3.05) is 0 Å². The fourth-order valence-corrected chi connectivity index (χ4v) is 0.904. The molecule has 1 heterocycles. The first-order chi connectivity index (χ1) is 5.97. The van der Waals surface area contributed by atoms with E-state index in [1.807, 2.05) is 13.8 Å². The van der Waals surface area contributed by atoms with E-state index in [1.165, 1.54) is 0 Å². The van der Waals surface area contributed by atoms with Crippen LogP contribution in [0, 0.1) is 12.3 Å². The van der Waals surface area contributed by atoms with Gasteiger partial charge in [0.05, 0.1) is 6.20 Å². The fourth-order valence-electron chi connectivity index (χ4n) is 0.904. The summed E-state index contributed by atoms with van der Waals surface area (Å²) in [6.45, 7) is 7.96. The molecule has 2 nitrogen and oxygen atoms in total. The Bertz CT molecular complexity index is 328. The highest BCUT2D eigenvalue weighted by atomic mass is 16.4. The molecule has 1 aromatic rings. The van der Waals surface area contributed by atoms with E-state index >= 15 is 0 Å². The van der Waals surface area contributed by atoms with Gasteiger partial charge >= 0.3 is 0 Å². The van der Waals surface area contributed by atoms with Gasteiger partial charge in [0.2, 0.25) is 5.89 Å². The lowest BCUT2D eigenvalue weighted by atomic mass is 9.95. The summed E-state index contributed by atoms with van der Waals surface area (Å²) in [5, 5.41) is 0. The number of hydrogen-bond acceptors (Lipinski definition) is 2. The molecule has 1 rings (SSSR count). The van der Waals surface area contributed by atoms with E-state index in [2.05, 4.69) is 24.8 Å². The lowest BCUT2D eigenvalue weighted by Gasteiger charge is -2.11. The van der Waals surface area contributed by atoms with E-state index < -0.39 is 5.41 Å². The van der Waals surface area contributed by atoms with Crippen LogP contribution in [0.25, 0.3) is 0 Å². The van der Waals surface area contributed by atoms with Crippen LogP contribution in [0.3, 0.4) is 0 Å². The molecule has 13 heavy (non-hydrogen) atoms. The third kappa shape index (κ3) is 1.92. The van der Waals surface area contributed by atoms with Crippen molar-refractivity contribution >= 4 is 0 Å². The molecule has 0 aliphatic heterocycles. The number of hydrogen-bond donors (Lipinski definition) is 0. The number of oxazole rings is 1. The molecule has 0 N–H and O–H groups in total. The molecule has 0 amide bonds. The van der Waals surface area contributed by atoms with Gasteiger partial charge in [-0.2, -0.15) is 0 Å². The minimum absolute atomic E-state index is 0.356. The average molecular weight is 177 g/mol. The molecule has 0 bridgehead atoms. The zero-order valence-corrected chi connectivity index (χ0v) is 8.59. The third-order valence-corrected chi connectivity index (χ3v) is 1.99. The van der Waals surface area contributed by atoms with Gasteiger partial charge < -0.3 is 4.42 Å². The van der Waals surface area contributed by atoms with Gasteiger partial charge in [-0.05, 0) is 13.8 Å². The topological polar surface area (TPSA) is 26.0 Å². The van der Waals surface area contributed by atoms with Gasteiger partial charge in [0, 0.05) is 5.92 Å². The standard InChI is InChI=1S/C11H15NO/c1-6-11(4,5)10-12-7-9(13-10)8(2)3/h1,7-8H,2-5H3. The average Bonchev–Trinajstić information content (AvgIpc) is 2.52. The normalized spacial score (nSPS) is 11.7. The van der Waals surface area contributed by atoms with Crippen LogP contribution in [0.1, 0.15) is 45.3 Å². The number of nitrogens with zero attached hydrogens (tertiary/aromatic N) is 1. The van der Waals surface area contributed by atoms with E-state index in [9.17, 15) is 0 Å². The minimum atomic E-state index is -0.410. The van der Waals surface area contributed by atoms with Crippen LogP contribution in [-0.4, -0.2) is 4.98 Å². The quantitative estimate of drug-likeness (QED) is 0.649. The maximum atomic E-state index is 5.55. The summed E-state index contributed by atoms with van der Waals surface area (Å²) in [5.74, 6) is 4.52. The largest absolute Gasteiger partial charge is 0.444 e. The molecular weight excluding hydrogens is 162 g/mol. The predicted molar refractivity (Wildman–Crippen MR) is 52.5 cm³/mol. The molecule has 0 fully saturated rings. The first-order valence-electron chi connectivity index (χ1n) is 4.41. The van der Waals surface area contributed by atoms with E-state index in [0.29, 0.717) is 11.8 Å². The van der Waals surface area contributed by atoms with Gasteiger partial charge in [0.1, 0.15) is 11.2 Å². The van der Waals surface area contributed by atoms with Crippen LogP contribution in [0.2, 0.25) is 0 Å². The highest BCUT2D eigenvalue weighted by Gasteiger charge is 2.23. The highest BCUT2D eigenvalue weighted by molar-refractivity contribution is 5.19. The highest BCUT2D eigenvalue weighted by Crippen LogP contribution is 2.24. The Kier molecular flexibility index (Phi) is 2.47. The second-order valence-electron chi connectivity index (χ2n) is 3.99. The van der Waals surface area contributed by atoms with Crippen molar-refractivity contribution in [3.8, 4) is 12.3 Å². The zero-order chi connectivity index (χ0) is 10.1. The maximum Gasteiger partial charge on any atom is 0.212 e. The van der Waals surface area contributed by atoms with Crippen molar-refractivity contribution in [2.45, 2.75) is 39.0 Å². The zero-order valence-electron chi connectivity index (χ0n) is 8.59. The van der Waals surface area contributed by atoms with Gasteiger partial charge in [-0.3, -0.25) is 0 Å². The maximum absolute atomic E-state index is 5.55. The molecule has 0 aliphatic rings. The smallest absolute Gasteiger partial charge is 0.212 e. The van der Waals surface area contributed by atoms with Crippen LogP contribution in [0.5, 0.6) is 0 Å². The molecule has 0 aliphatic carbocycles. The summed E-state index contributed by atoms with van der Waals surface area (Å²) in [4.78, 5) is 4.17. The van der Waals surface area contributed by atoms with Crippen LogP contribution in [-0.2, 0) is 5.41 Å². The fraction of sp³-hybridized carbons (Fsp3) is 0.545. The molecule has 1 aromatic heterocycles. The third-order valence-electron chi connectivity index (χ3n) is 1.99. The number of terminal acetylenes is 1. The van der Waals surface area contributed by atoms with Crippen LogP contribution >= 0.6 is 0 Å². The van der Waals surface area contributed by atoms with Gasteiger partial charge in [0.25, 0.3) is 0 Å². The van der Waals surface area contributed by atoms with Crippen molar-refractivity contribution in [1.29, 1.82) is 0 Å². The van der Waals surface area contributed by atoms with Crippen molar-refractivity contribution < 1.29 is 4.42 Å². The van der Waals surface area contributed by atoms with E-state index in [0.717, 1.165) is 5.76 Å². The molecule has 0 atom stereocenters. The number of aromatic nitrogens is 1. The summed E-state index contributed by atoms with van der Waals surface area (Å²) in [6, 6.07) is 0. The second kappa shape index (κ2) is 3.26. The van der Waals surface area contributed by atoms with Gasteiger partial charge in [0.15, 0.2) is 0 Å². The van der Waals surface area contributed by atoms with Crippen molar-refractivity contribution in [3.05, 3.63) is 17.8 Å². The van der Waals surface area contributed by atoms with E-state index in [1.54, 1.807) is 6.20 Å². The summed E-state index contributed by atoms with van der Waals surface area (Å²) in [6.07, 6.45) is 7.12. The number of rotatable bonds is 2. The Morgan fingerprint density at radius 3 is 2.54 bits per heavy atom. The molecule has 0 saturated heterocycles. The van der Waals surface area contributed by atoms with E-state index in [-0.39, 0.29) is 0 Å². The molecule has 0 saturated carbocycles. The Balaban J connectivity index is 3.00.